The molecular weight excluding hydrogens is 216 g/mol. The van der Waals surface area contributed by atoms with E-state index >= 15 is 0 Å². The third-order valence-corrected chi connectivity index (χ3v) is 3.39. The fraction of sp³-hybridized carbons (Fsp3) is 0.308. The molecule has 0 aromatic carbocycles. The van der Waals surface area contributed by atoms with Gasteiger partial charge < -0.3 is 5.32 Å². The third kappa shape index (κ3) is 2.31. The van der Waals surface area contributed by atoms with Gasteiger partial charge in [0.15, 0.2) is 0 Å². The van der Waals surface area contributed by atoms with Crippen LogP contribution in [-0.4, -0.2) is 11.5 Å². The van der Waals surface area contributed by atoms with E-state index in [9.17, 15) is 0 Å². The molecule has 0 fully saturated rings. The van der Waals surface area contributed by atoms with Crippen LogP contribution in [0.25, 0.3) is 10.2 Å². The number of nitrogens with one attached hydrogen (secondary N) is 1. The standard InChI is InChI=1S/C13H16N2S/c1-3-6-14-11(4-2)10-8-13-12(15-9-10)5-7-16-13/h4-5,7-9,11,14H,2-3,6H2,1H3. The van der Waals surface area contributed by atoms with E-state index in [1.807, 2.05) is 18.3 Å². The second-order valence-corrected chi connectivity index (χ2v) is 4.69. The van der Waals surface area contributed by atoms with Crippen molar-refractivity contribution in [1.29, 1.82) is 0 Å². The quantitative estimate of drug-likeness (QED) is 0.798. The second kappa shape index (κ2) is 5.23. The van der Waals surface area contributed by atoms with Crippen molar-refractivity contribution in [3.63, 3.8) is 0 Å². The first-order valence-corrected chi connectivity index (χ1v) is 6.42. The summed E-state index contributed by atoms with van der Waals surface area (Å²) in [5.74, 6) is 0. The number of fused-ring (bicyclic) bond motifs is 1. The van der Waals surface area contributed by atoms with Crippen LogP contribution >= 0.6 is 11.3 Å². The Hall–Kier alpha value is -1.19. The molecule has 1 unspecified atom stereocenters. The van der Waals surface area contributed by atoms with Crippen LogP contribution in [0.5, 0.6) is 0 Å². The molecule has 84 valence electrons. The zero-order chi connectivity index (χ0) is 11.4. The summed E-state index contributed by atoms with van der Waals surface area (Å²) in [5, 5.41) is 5.51. The van der Waals surface area contributed by atoms with E-state index < -0.39 is 0 Å². The van der Waals surface area contributed by atoms with Crippen LogP contribution < -0.4 is 5.32 Å². The summed E-state index contributed by atoms with van der Waals surface area (Å²) in [5.41, 5.74) is 2.27. The Morgan fingerprint density at radius 1 is 1.62 bits per heavy atom. The summed E-state index contributed by atoms with van der Waals surface area (Å²) in [6.45, 7) is 7.03. The van der Waals surface area contributed by atoms with Crippen molar-refractivity contribution in [3.8, 4) is 0 Å². The lowest BCUT2D eigenvalue weighted by molar-refractivity contribution is 0.613. The van der Waals surface area contributed by atoms with Crippen LogP contribution in [0.4, 0.5) is 0 Å². The molecule has 2 rings (SSSR count). The van der Waals surface area contributed by atoms with Gasteiger partial charge >= 0.3 is 0 Å². The first-order chi connectivity index (χ1) is 7.85. The van der Waals surface area contributed by atoms with Crippen LogP contribution in [0.3, 0.4) is 0 Å². The highest BCUT2D eigenvalue weighted by Crippen LogP contribution is 2.23. The molecule has 0 radical (unpaired) electrons. The summed E-state index contributed by atoms with van der Waals surface area (Å²) in [6.07, 6.45) is 5.00. The number of rotatable bonds is 5. The molecule has 0 saturated heterocycles. The Kier molecular flexibility index (Phi) is 3.70. The molecule has 2 heterocycles. The molecule has 0 aliphatic rings. The predicted molar refractivity (Wildman–Crippen MR) is 70.9 cm³/mol. The van der Waals surface area contributed by atoms with Crippen LogP contribution in [0.2, 0.25) is 0 Å². The molecule has 0 saturated carbocycles. The van der Waals surface area contributed by atoms with Gasteiger partial charge in [-0.2, -0.15) is 0 Å². The van der Waals surface area contributed by atoms with Crippen LogP contribution in [-0.2, 0) is 0 Å². The van der Waals surface area contributed by atoms with Crippen molar-refractivity contribution in [2.75, 3.05) is 6.54 Å². The topological polar surface area (TPSA) is 24.9 Å². The number of aromatic nitrogens is 1. The molecule has 0 spiro atoms. The molecule has 3 heteroatoms. The molecule has 0 aliphatic carbocycles. The fourth-order valence-electron chi connectivity index (χ4n) is 1.67. The minimum Gasteiger partial charge on any atom is -0.307 e. The van der Waals surface area contributed by atoms with Crippen molar-refractivity contribution in [2.24, 2.45) is 0 Å². The summed E-state index contributed by atoms with van der Waals surface area (Å²) in [7, 11) is 0. The molecule has 0 aliphatic heterocycles. The molecule has 1 atom stereocenters. The molecule has 0 bridgehead atoms. The summed E-state index contributed by atoms with van der Waals surface area (Å²) >= 11 is 1.73. The molecule has 2 aromatic rings. The lowest BCUT2D eigenvalue weighted by atomic mass is 10.1. The van der Waals surface area contributed by atoms with E-state index in [2.05, 4.69) is 35.2 Å². The smallest absolute Gasteiger partial charge is 0.0809 e. The van der Waals surface area contributed by atoms with E-state index in [4.69, 9.17) is 0 Å². The van der Waals surface area contributed by atoms with Gasteiger partial charge in [-0.1, -0.05) is 13.0 Å². The van der Waals surface area contributed by atoms with Crippen molar-refractivity contribution in [3.05, 3.63) is 41.9 Å². The summed E-state index contributed by atoms with van der Waals surface area (Å²) < 4.78 is 1.24. The Bertz CT molecular complexity index is 475. The number of hydrogen-bond donors (Lipinski definition) is 1. The monoisotopic (exact) mass is 232 g/mol. The van der Waals surface area contributed by atoms with Crippen molar-refractivity contribution in [1.82, 2.24) is 10.3 Å². The SMILES string of the molecule is C=CC(NCCC)c1cnc2ccsc2c1. The minimum absolute atomic E-state index is 0.207. The number of thiophene rings is 1. The largest absolute Gasteiger partial charge is 0.307 e. The highest BCUT2D eigenvalue weighted by Gasteiger charge is 2.07. The molecule has 2 aromatic heterocycles. The second-order valence-electron chi connectivity index (χ2n) is 3.74. The number of nitrogens with zero attached hydrogens (tertiary/aromatic N) is 1. The van der Waals surface area contributed by atoms with Gasteiger partial charge in [-0.25, -0.2) is 0 Å². The van der Waals surface area contributed by atoms with Crippen molar-refractivity contribution in [2.45, 2.75) is 19.4 Å². The van der Waals surface area contributed by atoms with E-state index in [0.717, 1.165) is 18.5 Å². The molecule has 2 nitrogen and oxygen atoms in total. The van der Waals surface area contributed by atoms with Crippen LogP contribution in [0.15, 0.2) is 36.4 Å². The number of pyridine rings is 1. The van der Waals surface area contributed by atoms with E-state index in [0.29, 0.717) is 0 Å². The van der Waals surface area contributed by atoms with Gasteiger partial charge in [0, 0.05) is 6.20 Å². The van der Waals surface area contributed by atoms with E-state index in [1.54, 1.807) is 11.3 Å². The van der Waals surface area contributed by atoms with Gasteiger partial charge in [-0.05, 0) is 36.0 Å². The van der Waals surface area contributed by atoms with Crippen molar-refractivity contribution >= 4 is 21.6 Å². The lowest BCUT2D eigenvalue weighted by Gasteiger charge is -2.14. The number of hydrogen-bond acceptors (Lipinski definition) is 3. The van der Waals surface area contributed by atoms with Crippen LogP contribution in [0.1, 0.15) is 24.9 Å². The normalized spacial score (nSPS) is 12.8. The van der Waals surface area contributed by atoms with Gasteiger partial charge in [-0.3, -0.25) is 4.98 Å². The van der Waals surface area contributed by atoms with Gasteiger partial charge in [-0.15, -0.1) is 17.9 Å². The zero-order valence-corrected chi connectivity index (χ0v) is 10.3. The molecular formula is C13H16N2S. The Morgan fingerprint density at radius 2 is 2.50 bits per heavy atom. The summed E-state index contributed by atoms with van der Waals surface area (Å²) in [6, 6.07) is 4.45. The molecule has 0 amide bonds. The highest BCUT2D eigenvalue weighted by molar-refractivity contribution is 7.17. The van der Waals surface area contributed by atoms with Gasteiger partial charge in [0.2, 0.25) is 0 Å². The van der Waals surface area contributed by atoms with E-state index in [1.165, 1.54) is 10.3 Å². The Balaban J connectivity index is 2.25. The first-order valence-electron chi connectivity index (χ1n) is 5.54. The third-order valence-electron chi connectivity index (χ3n) is 2.53. The fourth-order valence-corrected chi connectivity index (χ4v) is 2.46. The lowest BCUT2D eigenvalue weighted by Crippen LogP contribution is -2.20. The average Bonchev–Trinajstić information content (AvgIpc) is 2.77. The first kappa shape index (κ1) is 11.3. The van der Waals surface area contributed by atoms with Gasteiger partial charge in [0.05, 0.1) is 16.3 Å². The predicted octanol–water partition coefficient (Wildman–Crippen LogP) is 3.52. The Morgan fingerprint density at radius 3 is 3.25 bits per heavy atom. The highest BCUT2D eigenvalue weighted by atomic mass is 32.1. The van der Waals surface area contributed by atoms with Gasteiger partial charge in [0.1, 0.15) is 0 Å². The minimum atomic E-state index is 0.207. The average molecular weight is 232 g/mol. The Labute approximate surface area is 100 Å². The molecule has 1 N–H and O–H groups in total. The van der Waals surface area contributed by atoms with Gasteiger partial charge in [0.25, 0.3) is 0 Å². The molecule has 16 heavy (non-hydrogen) atoms. The zero-order valence-electron chi connectivity index (χ0n) is 9.44. The maximum atomic E-state index is 4.44. The maximum Gasteiger partial charge on any atom is 0.0809 e. The van der Waals surface area contributed by atoms with Crippen LogP contribution in [0, 0.1) is 0 Å². The van der Waals surface area contributed by atoms with E-state index in [-0.39, 0.29) is 6.04 Å². The summed E-state index contributed by atoms with van der Waals surface area (Å²) in [4.78, 5) is 4.44. The maximum absolute atomic E-state index is 4.44. The van der Waals surface area contributed by atoms with Crippen molar-refractivity contribution < 1.29 is 0 Å².